The number of halogens is 1. The fourth-order valence-corrected chi connectivity index (χ4v) is 5.66. The summed E-state index contributed by atoms with van der Waals surface area (Å²) in [5, 5.41) is 3.29. The van der Waals surface area contributed by atoms with Crippen LogP contribution in [0.25, 0.3) is 0 Å². The quantitative estimate of drug-likeness (QED) is 0.733. The summed E-state index contributed by atoms with van der Waals surface area (Å²) in [5.74, 6) is -0.383. The predicted molar refractivity (Wildman–Crippen MR) is 122 cm³/mol. The van der Waals surface area contributed by atoms with Crippen LogP contribution < -0.4 is 10.2 Å². The molecular weight excluding hydrogens is 438 g/mol. The number of hydrogen-bond acceptors (Lipinski definition) is 5. The zero-order chi connectivity index (χ0) is 22.0. The molecule has 2 aromatic carbocycles. The molecule has 9 heteroatoms. The number of sulfonamides is 1. The first-order valence-corrected chi connectivity index (χ1v) is 12.2. The van der Waals surface area contributed by atoms with Crippen LogP contribution in [0.5, 0.6) is 0 Å². The second kappa shape index (κ2) is 9.16. The summed E-state index contributed by atoms with van der Waals surface area (Å²) < 4.78 is 33.0. The van der Waals surface area contributed by atoms with E-state index in [1.54, 1.807) is 24.3 Å². The Balaban J connectivity index is 1.70. The molecule has 0 unspecified atom stereocenters. The first-order chi connectivity index (χ1) is 14.9. The molecule has 7 nitrogen and oxygen atoms in total. The lowest BCUT2D eigenvalue weighted by Gasteiger charge is -2.27. The van der Waals surface area contributed by atoms with Crippen molar-refractivity contribution in [2.24, 2.45) is 0 Å². The summed E-state index contributed by atoms with van der Waals surface area (Å²) in [6.07, 6.45) is 2.08. The Bertz CT molecular complexity index is 1080. The van der Waals surface area contributed by atoms with Gasteiger partial charge in [0, 0.05) is 31.9 Å². The summed E-state index contributed by atoms with van der Waals surface area (Å²) >= 11 is 6.29. The Morgan fingerprint density at radius 2 is 1.74 bits per heavy atom. The van der Waals surface area contributed by atoms with Gasteiger partial charge in [-0.05, 0) is 55.7 Å². The molecule has 4 rings (SSSR count). The average Bonchev–Trinajstić information content (AvgIpc) is 3.30. The number of carbonyl (C=O) groups is 1. The summed E-state index contributed by atoms with van der Waals surface area (Å²) in [6, 6.07) is 10.2. The van der Waals surface area contributed by atoms with Crippen molar-refractivity contribution in [2.75, 3.05) is 49.6 Å². The Hall–Kier alpha value is -2.13. The van der Waals surface area contributed by atoms with Gasteiger partial charge >= 0.3 is 0 Å². The lowest BCUT2D eigenvalue weighted by Crippen LogP contribution is -2.40. The third-order valence-corrected chi connectivity index (χ3v) is 7.85. The smallest absolute Gasteiger partial charge is 0.257 e. The van der Waals surface area contributed by atoms with E-state index in [1.807, 2.05) is 13.0 Å². The predicted octanol–water partition coefficient (Wildman–Crippen LogP) is 3.52. The number of hydrogen-bond donors (Lipinski definition) is 1. The minimum Gasteiger partial charge on any atom is -0.379 e. The van der Waals surface area contributed by atoms with E-state index < -0.39 is 10.0 Å². The molecule has 2 aliphatic heterocycles. The standard InChI is InChI=1S/C22H26ClN3O4S/c1-16-4-6-20(19(23)14-16)24-22(27)18-15-17(5-7-21(18)25-8-2-3-9-25)31(28,29)26-10-12-30-13-11-26/h4-7,14-15H,2-3,8-13H2,1H3,(H,24,27). The molecule has 2 aromatic rings. The van der Waals surface area contributed by atoms with Crippen molar-refractivity contribution in [3.63, 3.8) is 0 Å². The number of carbonyl (C=O) groups excluding carboxylic acids is 1. The maximum Gasteiger partial charge on any atom is 0.257 e. The van der Waals surface area contributed by atoms with Gasteiger partial charge in [-0.3, -0.25) is 4.79 Å². The number of aryl methyl sites for hydroxylation is 1. The van der Waals surface area contributed by atoms with Crippen LogP contribution in [-0.2, 0) is 14.8 Å². The lowest BCUT2D eigenvalue weighted by molar-refractivity contribution is 0.0730. The van der Waals surface area contributed by atoms with E-state index in [0.29, 0.717) is 42.6 Å². The molecule has 0 saturated carbocycles. The molecule has 0 aromatic heterocycles. The number of nitrogens with zero attached hydrogens (tertiary/aromatic N) is 2. The highest BCUT2D eigenvalue weighted by molar-refractivity contribution is 7.89. The van der Waals surface area contributed by atoms with E-state index in [-0.39, 0.29) is 10.8 Å². The number of rotatable bonds is 5. The van der Waals surface area contributed by atoms with Gasteiger partial charge in [-0.15, -0.1) is 0 Å². The van der Waals surface area contributed by atoms with Gasteiger partial charge in [0.15, 0.2) is 0 Å². The molecule has 2 fully saturated rings. The first-order valence-electron chi connectivity index (χ1n) is 10.4. The Kier molecular flexibility index (Phi) is 6.52. The molecule has 0 atom stereocenters. The minimum atomic E-state index is -3.72. The third kappa shape index (κ3) is 4.72. The van der Waals surface area contributed by atoms with Crippen LogP contribution in [0.15, 0.2) is 41.3 Å². The molecule has 2 heterocycles. The van der Waals surface area contributed by atoms with Gasteiger partial charge in [-0.1, -0.05) is 17.7 Å². The van der Waals surface area contributed by atoms with Crippen molar-refractivity contribution in [1.82, 2.24) is 4.31 Å². The largest absolute Gasteiger partial charge is 0.379 e. The molecule has 2 saturated heterocycles. The monoisotopic (exact) mass is 463 g/mol. The Morgan fingerprint density at radius 1 is 1.03 bits per heavy atom. The maximum absolute atomic E-state index is 13.3. The second-order valence-corrected chi connectivity index (χ2v) is 10.2. The zero-order valence-corrected chi connectivity index (χ0v) is 19.0. The SMILES string of the molecule is Cc1ccc(NC(=O)c2cc(S(=O)(=O)N3CCOCC3)ccc2N2CCCC2)c(Cl)c1. The normalized spacial score (nSPS) is 17.7. The highest BCUT2D eigenvalue weighted by Crippen LogP contribution is 2.30. The minimum absolute atomic E-state index is 0.109. The fraction of sp³-hybridized carbons (Fsp3) is 0.409. The maximum atomic E-state index is 13.3. The van der Waals surface area contributed by atoms with E-state index >= 15 is 0 Å². The lowest BCUT2D eigenvalue weighted by atomic mass is 10.1. The average molecular weight is 464 g/mol. The molecule has 1 amide bonds. The van der Waals surface area contributed by atoms with Gasteiger partial charge in [-0.25, -0.2) is 8.42 Å². The van der Waals surface area contributed by atoms with Crippen molar-refractivity contribution in [2.45, 2.75) is 24.7 Å². The van der Waals surface area contributed by atoms with Crippen molar-refractivity contribution >= 4 is 38.9 Å². The first kappa shape index (κ1) is 22.1. The van der Waals surface area contributed by atoms with Gasteiger partial charge in [0.05, 0.1) is 34.4 Å². The van der Waals surface area contributed by atoms with E-state index in [9.17, 15) is 13.2 Å². The van der Waals surface area contributed by atoms with Crippen LogP contribution in [0, 0.1) is 6.92 Å². The molecule has 0 bridgehead atoms. The Morgan fingerprint density at radius 3 is 2.42 bits per heavy atom. The third-order valence-electron chi connectivity index (χ3n) is 5.64. The topological polar surface area (TPSA) is 79.0 Å². The van der Waals surface area contributed by atoms with Crippen molar-refractivity contribution < 1.29 is 17.9 Å². The van der Waals surface area contributed by atoms with Crippen LogP contribution in [0.2, 0.25) is 5.02 Å². The number of amides is 1. The van der Waals surface area contributed by atoms with Crippen LogP contribution in [-0.4, -0.2) is 58.0 Å². The Labute approximate surface area is 188 Å². The summed E-state index contributed by atoms with van der Waals surface area (Å²) in [4.78, 5) is 15.5. The van der Waals surface area contributed by atoms with Gasteiger partial charge in [0.2, 0.25) is 10.0 Å². The molecule has 0 spiro atoms. The van der Waals surface area contributed by atoms with Gasteiger partial charge in [0.1, 0.15) is 0 Å². The molecule has 1 N–H and O–H groups in total. The molecule has 2 aliphatic rings. The van der Waals surface area contributed by atoms with E-state index in [4.69, 9.17) is 16.3 Å². The molecule has 0 aliphatic carbocycles. The van der Waals surface area contributed by atoms with Crippen LogP contribution >= 0.6 is 11.6 Å². The van der Waals surface area contributed by atoms with Gasteiger partial charge in [-0.2, -0.15) is 4.31 Å². The number of ether oxygens (including phenoxy) is 1. The van der Waals surface area contributed by atoms with Crippen LogP contribution in [0.4, 0.5) is 11.4 Å². The van der Waals surface area contributed by atoms with Crippen molar-refractivity contribution in [1.29, 1.82) is 0 Å². The number of anilines is 2. The van der Waals surface area contributed by atoms with E-state index in [1.165, 1.54) is 10.4 Å². The molecular formula is C22H26ClN3O4S. The van der Waals surface area contributed by atoms with E-state index in [0.717, 1.165) is 37.2 Å². The number of morpholine rings is 1. The van der Waals surface area contributed by atoms with Gasteiger partial charge in [0.25, 0.3) is 5.91 Å². The van der Waals surface area contributed by atoms with Gasteiger partial charge < -0.3 is 15.0 Å². The van der Waals surface area contributed by atoms with Crippen LogP contribution in [0.1, 0.15) is 28.8 Å². The summed E-state index contributed by atoms with van der Waals surface area (Å²) in [6.45, 7) is 4.92. The summed E-state index contributed by atoms with van der Waals surface area (Å²) in [7, 11) is -3.72. The fourth-order valence-electron chi connectivity index (χ4n) is 3.94. The highest BCUT2D eigenvalue weighted by Gasteiger charge is 2.29. The second-order valence-electron chi connectivity index (χ2n) is 7.83. The zero-order valence-electron chi connectivity index (χ0n) is 17.4. The number of nitrogens with one attached hydrogen (secondary N) is 1. The van der Waals surface area contributed by atoms with Crippen molar-refractivity contribution in [3.8, 4) is 0 Å². The number of benzene rings is 2. The molecule has 31 heavy (non-hydrogen) atoms. The molecule has 166 valence electrons. The molecule has 0 radical (unpaired) electrons. The summed E-state index contributed by atoms with van der Waals surface area (Å²) in [5.41, 5.74) is 2.54. The highest BCUT2D eigenvalue weighted by atomic mass is 35.5. The van der Waals surface area contributed by atoms with E-state index in [2.05, 4.69) is 10.2 Å². The van der Waals surface area contributed by atoms with Crippen molar-refractivity contribution in [3.05, 3.63) is 52.5 Å². The van der Waals surface area contributed by atoms with Crippen LogP contribution in [0.3, 0.4) is 0 Å².